The first-order valence-corrected chi connectivity index (χ1v) is 5.87. The molecule has 3 N–H and O–H groups in total. The van der Waals surface area contributed by atoms with Gasteiger partial charge in [-0.05, 0) is 30.7 Å². The molecule has 1 rings (SSSR count). The first kappa shape index (κ1) is 14.5. The maximum absolute atomic E-state index is 12.0. The van der Waals surface area contributed by atoms with Gasteiger partial charge in [-0.15, -0.1) is 0 Å². The number of nitrogens with zero attached hydrogens (tertiary/aromatic N) is 1. The van der Waals surface area contributed by atoms with Crippen molar-refractivity contribution in [2.24, 2.45) is 5.73 Å². The number of amides is 1. The maximum Gasteiger partial charge on any atom is 0.323 e. The lowest BCUT2D eigenvalue weighted by Crippen LogP contribution is -2.45. The van der Waals surface area contributed by atoms with E-state index in [0.717, 1.165) is 4.90 Å². The summed E-state index contributed by atoms with van der Waals surface area (Å²) in [7, 11) is 0. The number of carbonyl (C=O) groups is 2. The third-order valence-electron chi connectivity index (χ3n) is 2.45. The number of carboxylic acids is 1. The van der Waals surface area contributed by atoms with Crippen LogP contribution in [-0.4, -0.2) is 29.6 Å². The molecule has 1 aromatic rings. The molecule has 0 aromatic heterocycles. The lowest BCUT2D eigenvalue weighted by molar-refractivity contribution is -0.136. The van der Waals surface area contributed by atoms with Crippen LogP contribution in [0.4, 0.5) is 5.69 Å². The highest BCUT2D eigenvalue weighted by Gasteiger charge is 2.23. The number of rotatable bonds is 5. The van der Waals surface area contributed by atoms with E-state index in [0.29, 0.717) is 17.1 Å². The number of aliphatic carboxylic acids is 1. The van der Waals surface area contributed by atoms with Gasteiger partial charge in [0.15, 0.2) is 0 Å². The quantitative estimate of drug-likeness (QED) is 0.849. The lowest BCUT2D eigenvalue weighted by atomic mass is 10.2. The Labute approximate surface area is 110 Å². The zero-order chi connectivity index (χ0) is 13.7. The number of halogens is 1. The van der Waals surface area contributed by atoms with Gasteiger partial charge >= 0.3 is 5.97 Å². The van der Waals surface area contributed by atoms with Crippen molar-refractivity contribution in [3.05, 3.63) is 29.3 Å². The zero-order valence-corrected chi connectivity index (χ0v) is 10.7. The van der Waals surface area contributed by atoms with Gasteiger partial charge < -0.3 is 10.8 Å². The van der Waals surface area contributed by atoms with Crippen LogP contribution in [0.1, 0.15) is 13.3 Å². The predicted molar refractivity (Wildman–Crippen MR) is 69.7 cm³/mol. The number of hydrogen-bond donors (Lipinski definition) is 2. The summed E-state index contributed by atoms with van der Waals surface area (Å²) in [6.45, 7) is 1.34. The minimum absolute atomic E-state index is 0.415. The van der Waals surface area contributed by atoms with Crippen molar-refractivity contribution >= 4 is 29.2 Å². The molecule has 5 nitrogen and oxygen atoms in total. The second-order valence-corrected chi connectivity index (χ2v) is 4.25. The average molecular weight is 271 g/mol. The molecule has 0 aliphatic rings. The Kier molecular flexibility index (Phi) is 5.12. The van der Waals surface area contributed by atoms with Crippen LogP contribution < -0.4 is 10.6 Å². The highest BCUT2D eigenvalue weighted by Crippen LogP contribution is 2.18. The summed E-state index contributed by atoms with van der Waals surface area (Å²) >= 11 is 5.75. The van der Waals surface area contributed by atoms with Gasteiger partial charge in [-0.3, -0.25) is 14.5 Å². The number of hydrogen-bond acceptors (Lipinski definition) is 3. The van der Waals surface area contributed by atoms with Crippen molar-refractivity contribution in [1.29, 1.82) is 0 Å². The fourth-order valence-corrected chi connectivity index (χ4v) is 1.55. The van der Waals surface area contributed by atoms with Crippen LogP contribution in [0, 0.1) is 0 Å². The number of benzene rings is 1. The molecule has 1 amide bonds. The van der Waals surface area contributed by atoms with Crippen molar-refractivity contribution in [3.8, 4) is 0 Å². The molecular weight excluding hydrogens is 256 g/mol. The number of carbonyl (C=O) groups excluding carboxylic acids is 1. The molecule has 0 fully saturated rings. The molecule has 1 atom stereocenters. The Morgan fingerprint density at radius 3 is 2.39 bits per heavy atom. The van der Waals surface area contributed by atoms with E-state index in [1.807, 2.05) is 0 Å². The minimum atomic E-state index is -1.10. The Hall–Kier alpha value is -1.59. The number of anilines is 1. The van der Waals surface area contributed by atoms with E-state index in [-0.39, 0.29) is 0 Å². The van der Waals surface area contributed by atoms with Crippen LogP contribution in [0.2, 0.25) is 5.02 Å². The van der Waals surface area contributed by atoms with Crippen molar-refractivity contribution in [3.63, 3.8) is 0 Å². The maximum atomic E-state index is 12.0. The summed E-state index contributed by atoms with van der Waals surface area (Å²) in [6, 6.07) is 5.66. The Morgan fingerprint density at radius 1 is 1.39 bits per heavy atom. The first-order chi connectivity index (χ1) is 8.45. The van der Waals surface area contributed by atoms with Crippen molar-refractivity contribution in [1.82, 2.24) is 0 Å². The van der Waals surface area contributed by atoms with Gasteiger partial charge in [0.25, 0.3) is 0 Å². The number of carboxylic acid groups (broad SMARTS) is 1. The molecular formula is C12H15ClN2O3. The molecule has 0 spiro atoms. The summed E-state index contributed by atoms with van der Waals surface area (Å²) in [5.41, 5.74) is 6.12. The molecule has 98 valence electrons. The van der Waals surface area contributed by atoms with Crippen LogP contribution in [-0.2, 0) is 9.59 Å². The molecule has 6 heteroatoms. The molecule has 0 saturated carbocycles. The Morgan fingerprint density at radius 2 is 1.94 bits per heavy atom. The molecule has 0 bridgehead atoms. The van der Waals surface area contributed by atoms with Gasteiger partial charge in [-0.2, -0.15) is 0 Å². The largest absolute Gasteiger partial charge is 0.480 e. The molecule has 0 heterocycles. The monoisotopic (exact) mass is 270 g/mol. The molecule has 0 aliphatic heterocycles. The van der Waals surface area contributed by atoms with Crippen LogP contribution in [0.5, 0.6) is 0 Å². The SMILES string of the molecule is CCC(N)C(=O)N(CC(=O)O)c1ccc(Cl)cc1. The second-order valence-electron chi connectivity index (χ2n) is 3.81. The highest BCUT2D eigenvalue weighted by molar-refractivity contribution is 6.30. The molecule has 18 heavy (non-hydrogen) atoms. The van der Waals surface area contributed by atoms with Gasteiger partial charge in [0.05, 0.1) is 6.04 Å². The minimum Gasteiger partial charge on any atom is -0.480 e. The third-order valence-corrected chi connectivity index (χ3v) is 2.71. The van der Waals surface area contributed by atoms with E-state index >= 15 is 0 Å². The summed E-state index contributed by atoms with van der Waals surface area (Å²) in [6.07, 6.45) is 0.447. The van der Waals surface area contributed by atoms with Crippen molar-refractivity contribution in [2.75, 3.05) is 11.4 Å². The standard InChI is InChI=1S/C12H15ClN2O3/c1-2-10(14)12(18)15(7-11(16)17)9-5-3-8(13)4-6-9/h3-6,10H,2,7,14H2,1H3,(H,16,17). The van der Waals surface area contributed by atoms with Crippen LogP contribution in [0.3, 0.4) is 0 Å². The lowest BCUT2D eigenvalue weighted by Gasteiger charge is -2.23. The topological polar surface area (TPSA) is 83.6 Å². The van der Waals surface area contributed by atoms with E-state index in [1.165, 1.54) is 0 Å². The fraction of sp³-hybridized carbons (Fsp3) is 0.333. The van der Waals surface area contributed by atoms with E-state index < -0.39 is 24.5 Å². The summed E-state index contributed by atoms with van der Waals surface area (Å²) in [5, 5.41) is 9.36. The van der Waals surface area contributed by atoms with E-state index in [2.05, 4.69) is 0 Å². The Bertz CT molecular complexity index is 433. The van der Waals surface area contributed by atoms with E-state index in [1.54, 1.807) is 31.2 Å². The Balaban J connectivity index is 3.01. The van der Waals surface area contributed by atoms with Gasteiger partial charge in [-0.25, -0.2) is 0 Å². The smallest absolute Gasteiger partial charge is 0.323 e. The van der Waals surface area contributed by atoms with E-state index in [4.69, 9.17) is 22.4 Å². The van der Waals surface area contributed by atoms with E-state index in [9.17, 15) is 9.59 Å². The van der Waals surface area contributed by atoms with Gasteiger partial charge in [0.1, 0.15) is 6.54 Å². The predicted octanol–water partition coefficient (Wildman–Crippen LogP) is 1.49. The molecule has 0 aliphatic carbocycles. The fourth-order valence-electron chi connectivity index (χ4n) is 1.43. The molecule has 0 radical (unpaired) electrons. The summed E-state index contributed by atoms with van der Waals surface area (Å²) in [5.74, 6) is -1.51. The zero-order valence-electron chi connectivity index (χ0n) is 9.97. The van der Waals surface area contributed by atoms with Crippen LogP contribution >= 0.6 is 11.6 Å². The number of nitrogens with two attached hydrogens (primary N) is 1. The van der Waals surface area contributed by atoms with Crippen LogP contribution in [0.25, 0.3) is 0 Å². The van der Waals surface area contributed by atoms with Gasteiger partial charge in [0, 0.05) is 10.7 Å². The molecule has 0 saturated heterocycles. The summed E-state index contributed by atoms with van der Waals surface area (Å²) < 4.78 is 0. The van der Waals surface area contributed by atoms with Gasteiger partial charge in [-0.1, -0.05) is 18.5 Å². The second kappa shape index (κ2) is 6.37. The molecule has 1 unspecified atom stereocenters. The normalized spacial score (nSPS) is 11.9. The highest BCUT2D eigenvalue weighted by atomic mass is 35.5. The van der Waals surface area contributed by atoms with Crippen molar-refractivity contribution in [2.45, 2.75) is 19.4 Å². The van der Waals surface area contributed by atoms with Crippen LogP contribution in [0.15, 0.2) is 24.3 Å². The van der Waals surface area contributed by atoms with Crippen molar-refractivity contribution < 1.29 is 14.7 Å². The average Bonchev–Trinajstić information content (AvgIpc) is 2.35. The van der Waals surface area contributed by atoms with Gasteiger partial charge in [0.2, 0.25) is 5.91 Å². The first-order valence-electron chi connectivity index (χ1n) is 5.50. The third kappa shape index (κ3) is 3.72. The molecule has 1 aromatic carbocycles. The summed E-state index contributed by atoms with van der Waals surface area (Å²) in [4.78, 5) is 23.9.